The molecule has 3 nitrogen and oxygen atoms in total. The fourth-order valence-corrected chi connectivity index (χ4v) is 2.53. The first-order valence-corrected chi connectivity index (χ1v) is 6.29. The molecule has 1 fully saturated rings. The number of carbonyl (C=O) groups is 2. The summed E-state index contributed by atoms with van der Waals surface area (Å²) in [5.41, 5.74) is -0.433. The summed E-state index contributed by atoms with van der Waals surface area (Å²) < 4.78 is 5.16. The van der Waals surface area contributed by atoms with E-state index in [0.29, 0.717) is 6.42 Å². The molecule has 0 bridgehead atoms. The van der Waals surface area contributed by atoms with Crippen molar-refractivity contribution in [3.63, 3.8) is 0 Å². The van der Waals surface area contributed by atoms with Crippen molar-refractivity contribution in [2.75, 3.05) is 5.75 Å². The van der Waals surface area contributed by atoms with Gasteiger partial charge in [-0.3, -0.25) is 9.59 Å². The van der Waals surface area contributed by atoms with Crippen LogP contribution in [0.2, 0.25) is 0 Å². The van der Waals surface area contributed by atoms with Gasteiger partial charge in [0.25, 0.3) is 0 Å². The lowest BCUT2D eigenvalue weighted by Gasteiger charge is -2.19. The van der Waals surface area contributed by atoms with E-state index in [1.807, 2.05) is 20.8 Å². The molecule has 1 unspecified atom stereocenters. The topological polar surface area (TPSA) is 43.4 Å². The molecule has 86 valence electrons. The molecule has 0 aromatic carbocycles. The molecule has 0 radical (unpaired) electrons. The van der Waals surface area contributed by atoms with Crippen LogP contribution in [0, 0.1) is 0 Å². The maximum absolute atomic E-state index is 11.4. The van der Waals surface area contributed by atoms with E-state index in [1.165, 1.54) is 11.8 Å². The predicted molar refractivity (Wildman–Crippen MR) is 60.9 cm³/mol. The summed E-state index contributed by atoms with van der Waals surface area (Å²) in [5.74, 6) is 0.337. The summed E-state index contributed by atoms with van der Waals surface area (Å²) in [6, 6.07) is 0. The van der Waals surface area contributed by atoms with E-state index < -0.39 is 5.60 Å². The lowest BCUT2D eigenvalue weighted by Crippen LogP contribution is -2.25. The first-order chi connectivity index (χ1) is 6.88. The molecule has 4 heteroatoms. The lowest BCUT2D eigenvalue weighted by atomic mass is 10.2. The van der Waals surface area contributed by atoms with Gasteiger partial charge in [0.05, 0.1) is 11.0 Å². The third-order valence-corrected chi connectivity index (χ3v) is 3.37. The molecule has 1 atom stereocenters. The van der Waals surface area contributed by atoms with Crippen molar-refractivity contribution in [2.24, 2.45) is 0 Å². The van der Waals surface area contributed by atoms with Crippen LogP contribution in [0.5, 0.6) is 0 Å². The van der Waals surface area contributed by atoms with Crippen LogP contribution in [0.25, 0.3) is 0 Å². The number of Topliss-reactive ketones (excluding diaryl/α,β-unsaturated/α-hetero) is 1. The number of ether oxygens (including phenoxy) is 1. The van der Waals surface area contributed by atoms with Gasteiger partial charge in [0.15, 0.2) is 0 Å². The highest BCUT2D eigenvalue weighted by Gasteiger charge is 2.26. The standard InChI is InChI=1S/C11H18O3S/c1-11(2,3)14-10(13)7-15-9-6-4-5-8(9)12/h9H,4-7H2,1-3H3. The summed E-state index contributed by atoms with van der Waals surface area (Å²) in [7, 11) is 0. The van der Waals surface area contributed by atoms with E-state index in [1.54, 1.807) is 0 Å². The van der Waals surface area contributed by atoms with Crippen LogP contribution in [0.4, 0.5) is 0 Å². The molecule has 1 aliphatic rings. The maximum Gasteiger partial charge on any atom is 0.316 e. The van der Waals surface area contributed by atoms with Crippen LogP contribution in [-0.2, 0) is 14.3 Å². The smallest absolute Gasteiger partial charge is 0.316 e. The average molecular weight is 230 g/mol. The Morgan fingerprint density at radius 3 is 2.67 bits per heavy atom. The van der Waals surface area contributed by atoms with Gasteiger partial charge in [0, 0.05) is 6.42 Å². The number of ketones is 1. The van der Waals surface area contributed by atoms with Crippen molar-refractivity contribution < 1.29 is 14.3 Å². The van der Waals surface area contributed by atoms with Crippen LogP contribution >= 0.6 is 11.8 Å². The molecular formula is C11H18O3S. The molecule has 0 N–H and O–H groups in total. The number of esters is 1. The van der Waals surface area contributed by atoms with Crippen molar-refractivity contribution in [2.45, 2.75) is 50.9 Å². The van der Waals surface area contributed by atoms with Gasteiger partial charge in [-0.1, -0.05) is 0 Å². The molecule has 0 saturated heterocycles. The van der Waals surface area contributed by atoms with Gasteiger partial charge >= 0.3 is 5.97 Å². The SMILES string of the molecule is CC(C)(C)OC(=O)CSC1CCCC1=O. The second-order valence-electron chi connectivity index (χ2n) is 4.74. The summed E-state index contributed by atoms with van der Waals surface area (Å²) in [4.78, 5) is 22.7. The molecule has 15 heavy (non-hydrogen) atoms. The third-order valence-electron chi connectivity index (χ3n) is 2.07. The Kier molecular flexibility index (Phi) is 4.20. The minimum Gasteiger partial charge on any atom is -0.459 e. The highest BCUT2D eigenvalue weighted by atomic mass is 32.2. The lowest BCUT2D eigenvalue weighted by molar-refractivity contribution is -0.151. The second kappa shape index (κ2) is 5.01. The molecule has 0 heterocycles. The second-order valence-corrected chi connectivity index (χ2v) is 5.94. The molecule has 0 aliphatic heterocycles. The summed E-state index contributed by atoms with van der Waals surface area (Å²) in [6.45, 7) is 5.53. The maximum atomic E-state index is 11.4. The summed E-state index contributed by atoms with van der Waals surface area (Å²) in [6.07, 6.45) is 2.54. The minimum atomic E-state index is -0.433. The van der Waals surface area contributed by atoms with E-state index in [4.69, 9.17) is 4.74 Å². The van der Waals surface area contributed by atoms with Crippen LogP contribution in [0.1, 0.15) is 40.0 Å². The molecule has 0 aromatic rings. The molecule has 1 aliphatic carbocycles. The van der Waals surface area contributed by atoms with E-state index in [9.17, 15) is 9.59 Å². The van der Waals surface area contributed by atoms with Crippen molar-refractivity contribution in [3.8, 4) is 0 Å². The Morgan fingerprint density at radius 1 is 1.53 bits per heavy atom. The number of hydrogen-bond donors (Lipinski definition) is 0. The van der Waals surface area contributed by atoms with Gasteiger partial charge in [0.1, 0.15) is 11.4 Å². The van der Waals surface area contributed by atoms with Gasteiger partial charge in [-0.15, -0.1) is 11.8 Å². The van der Waals surface area contributed by atoms with Gasteiger partial charge in [-0.25, -0.2) is 0 Å². The predicted octanol–water partition coefficient (Wildman–Crippen LogP) is 2.18. The Hall–Kier alpha value is -0.510. The molecular weight excluding hydrogens is 212 g/mol. The minimum absolute atomic E-state index is 0.0255. The van der Waals surface area contributed by atoms with Crippen LogP contribution in [0.3, 0.4) is 0 Å². The first kappa shape index (κ1) is 12.6. The quantitative estimate of drug-likeness (QED) is 0.697. The Labute approximate surface area is 94.9 Å². The van der Waals surface area contributed by atoms with Crippen LogP contribution in [0.15, 0.2) is 0 Å². The van der Waals surface area contributed by atoms with Gasteiger partial charge in [-0.2, -0.15) is 0 Å². The number of rotatable bonds is 3. The zero-order chi connectivity index (χ0) is 11.5. The molecule has 0 amide bonds. The fraction of sp³-hybridized carbons (Fsp3) is 0.818. The van der Waals surface area contributed by atoms with Gasteiger partial charge in [-0.05, 0) is 33.6 Å². The zero-order valence-electron chi connectivity index (χ0n) is 9.54. The monoisotopic (exact) mass is 230 g/mol. The van der Waals surface area contributed by atoms with E-state index >= 15 is 0 Å². The van der Waals surface area contributed by atoms with E-state index in [0.717, 1.165) is 12.8 Å². The molecule has 1 rings (SSSR count). The molecule has 1 saturated carbocycles. The Bertz CT molecular complexity index is 255. The van der Waals surface area contributed by atoms with Gasteiger partial charge in [0.2, 0.25) is 0 Å². The molecule has 0 aromatic heterocycles. The van der Waals surface area contributed by atoms with Crippen LogP contribution in [-0.4, -0.2) is 28.4 Å². The van der Waals surface area contributed by atoms with Gasteiger partial charge < -0.3 is 4.74 Å². The third kappa shape index (κ3) is 4.69. The summed E-state index contributed by atoms with van der Waals surface area (Å²) >= 11 is 1.42. The van der Waals surface area contributed by atoms with E-state index in [-0.39, 0.29) is 22.8 Å². The number of hydrogen-bond acceptors (Lipinski definition) is 4. The number of thioether (sulfide) groups is 1. The molecule has 0 spiro atoms. The fourth-order valence-electron chi connectivity index (χ4n) is 1.50. The van der Waals surface area contributed by atoms with Crippen molar-refractivity contribution in [1.82, 2.24) is 0 Å². The first-order valence-electron chi connectivity index (χ1n) is 5.24. The van der Waals surface area contributed by atoms with Crippen molar-refractivity contribution in [1.29, 1.82) is 0 Å². The van der Waals surface area contributed by atoms with Crippen molar-refractivity contribution in [3.05, 3.63) is 0 Å². The largest absolute Gasteiger partial charge is 0.459 e. The highest BCUT2D eigenvalue weighted by molar-refractivity contribution is 8.01. The highest BCUT2D eigenvalue weighted by Crippen LogP contribution is 2.26. The Morgan fingerprint density at radius 2 is 2.20 bits per heavy atom. The average Bonchev–Trinajstić information content (AvgIpc) is 2.44. The summed E-state index contributed by atoms with van der Waals surface area (Å²) in [5, 5.41) is 0.0255. The zero-order valence-corrected chi connectivity index (χ0v) is 10.4. The normalized spacial score (nSPS) is 21.8. The number of carbonyl (C=O) groups excluding carboxylic acids is 2. The Balaban J connectivity index is 2.25. The van der Waals surface area contributed by atoms with Crippen LogP contribution < -0.4 is 0 Å². The van der Waals surface area contributed by atoms with E-state index in [2.05, 4.69) is 0 Å². The van der Waals surface area contributed by atoms with Crippen molar-refractivity contribution >= 4 is 23.5 Å².